The molecular formula is C12H20N4O. The molecule has 0 unspecified atom stereocenters. The van der Waals surface area contributed by atoms with Gasteiger partial charge in [0.25, 0.3) is 0 Å². The number of anilines is 1. The van der Waals surface area contributed by atoms with Gasteiger partial charge in [0.2, 0.25) is 5.88 Å². The van der Waals surface area contributed by atoms with Gasteiger partial charge in [-0.2, -0.15) is 4.98 Å². The summed E-state index contributed by atoms with van der Waals surface area (Å²) >= 11 is 0. The number of nitrogens with zero attached hydrogens (tertiary/aromatic N) is 3. The predicted octanol–water partition coefficient (Wildman–Crippen LogP) is 1.11. The van der Waals surface area contributed by atoms with E-state index < -0.39 is 0 Å². The third-order valence-corrected chi connectivity index (χ3v) is 3.13. The highest BCUT2D eigenvalue weighted by molar-refractivity contribution is 5.46. The summed E-state index contributed by atoms with van der Waals surface area (Å²) in [4.78, 5) is 10.8. The highest BCUT2D eigenvalue weighted by Crippen LogP contribution is 2.28. The summed E-state index contributed by atoms with van der Waals surface area (Å²) in [6.45, 7) is 8.26. The molecule has 2 rings (SSSR count). The van der Waals surface area contributed by atoms with Crippen LogP contribution in [0.25, 0.3) is 0 Å². The lowest BCUT2D eigenvalue weighted by Gasteiger charge is -2.48. The normalized spacial score (nSPS) is 17.8. The quantitative estimate of drug-likeness (QED) is 0.848. The largest absolute Gasteiger partial charge is 0.478 e. The first kappa shape index (κ1) is 12.1. The van der Waals surface area contributed by atoms with Crippen molar-refractivity contribution in [2.45, 2.75) is 32.7 Å². The Balaban J connectivity index is 2.12. The van der Waals surface area contributed by atoms with Crippen LogP contribution in [0.2, 0.25) is 0 Å². The maximum Gasteiger partial charge on any atom is 0.218 e. The Morgan fingerprint density at radius 3 is 2.71 bits per heavy atom. The standard InChI is InChI=1S/C12H20N4O/c1-4-12(13)7-16(8-12)10-6-11(17-5-2)15-9(3)14-10/h6H,4-5,7-8,13H2,1-3H3. The molecule has 1 aliphatic rings. The van der Waals surface area contributed by atoms with E-state index in [1.807, 2.05) is 19.9 Å². The van der Waals surface area contributed by atoms with Gasteiger partial charge in [-0.05, 0) is 20.3 Å². The smallest absolute Gasteiger partial charge is 0.218 e. The van der Waals surface area contributed by atoms with Crippen molar-refractivity contribution in [3.05, 3.63) is 11.9 Å². The van der Waals surface area contributed by atoms with Gasteiger partial charge in [-0.3, -0.25) is 0 Å². The topological polar surface area (TPSA) is 64.3 Å². The SMILES string of the molecule is CCOc1cc(N2CC(N)(CC)C2)nc(C)n1. The Bertz CT molecular complexity index is 401. The predicted molar refractivity (Wildman–Crippen MR) is 67.4 cm³/mol. The van der Waals surface area contributed by atoms with Crippen molar-refractivity contribution in [1.82, 2.24) is 9.97 Å². The van der Waals surface area contributed by atoms with E-state index in [-0.39, 0.29) is 5.54 Å². The maximum atomic E-state index is 6.15. The Kier molecular flexibility index (Phi) is 3.19. The van der Waals surface area contributed by atoms with E-state index in [1.54, 1.807) is 0 Å². The van der Waals surface area contributed by atoms with E-state index in [2.05, 4.69) is 21.8 Å². The first-order valence-corrected chi connectivity index (χ1v) is 6.08. The summed E-state index contributed by atoms with van der Waals surface area (Å²) < 4.78 is 5.42. The van der Waals surface area contributed by atoms with E-state index in [0.29, 0.717) is 12.5 Å². The molecule has 1 fully saturated rings. The average molecular weight is 236 g/mol. The van der Waals surface area contributed by atoms with Crippen molar-refractivity contribution < 1.29 is 4.74 Å². The Morgan fingerprint density at radius 1 is 1.41 bits per heavy atom. The molecule has 0 saturated carbocycles. The van der Waals surface area contributed by atoms with E-state index in [4.69, 9.17) is 10.5 Å². The highest BCUT2D eigenvalue weighted by atomic mass is 16.5. The molecule has 0 amide bonds. The van der Waals surface area contributed by atoms with E-state index in [1.165, 1.54) is 0 Å². The third-order valence-electron chi connectivity index (χ3n) is 3.13. The van der Waals surface area contributed by atoms with Gasteiger partial charge >= 0.3 is 0 Å². The van der Waals surface area contributed by atoms with Gasteiger partial charge in [0.1, 0.15) is 11.6 Å². The van der Waals surface area contributed by atoms with Gasteiger partial charge in [0.15, 0.2) is 0 Å². The van der Waals surface area contributed by atoms with Gasteiger partial charge in [0.05, 0.1) is 12.1 Å². The first-order chi connectivity index (χ1) is 8.06. The summed E-state index contributed by atoms with van der Waals surface area (Å²) in [5.41, 5.74) is 6.10. The number of nitrogens with two attached hydrogens (primary N) is 1. The fourth-order valence-corrected chi connectivity index (χ4v) is 2.01. The minimum Gasteiger partial charge on any atom is -0.478 e. The van der Waals surface area contributed by atoms with Crippen LogP contribution in [0, 0.1) is 6.92 Å². The molecule has 1 aromatic heterocycles. The Morgan fingerprint density at radius 2 is 2.12 bits per heavy atom. The molecule has 2 heterocycles. The molecule has 1 saturated heterocycles. The molecule has 1 aliphatic heterocycles. The minimum absolute atomic E-state index is 0.0510. The minimum atomic E-state index is -0.0510. The molecule has 94 valence electrons. The lowest BCUT2D eigenvalue weighted by Crippen LogP contribution is -2.67. The van der Waals surface area contributed by atoms with Crippen molar-refractivity contribution in [2.75, 3.05) is 24.6 Å². The monoisotopic (exact) mass is 236 g/mol. The molecule has 0 spiro atoms. The molecule has 5 nitrogen and oxygen atoms in total. The molecule has 1 aromatic rings. The van der Waals surface area contributed by atoms with Crippen LogP contribution < -0.4 is 15.4 Å². The van der Waals surface area contributed by atoms with E-state index in [0.717, 1.165) is 31.2 Å². The number of ether oxygens (including phenoxy) is 1. The molecule has 0 radical (unpaired) electrons. The van der Waals surface area contributed by atoms with Crippen molar-refractivity contribution >= 4 is 5.82 Å². The Labute approximate surface area is 102 Å². The van der Waals surface area contributed by atoms with Crippen LogP contribution in [0.1, 0.15) is 26.1 Å². The molecule has 0 aromatic carbocycles. The lowest BCUT2D eigenvalue weighted by molar-refractivity contribution is 0.313. The van der Waals surface area contributed by atoms with Crippen molar-refractivity contribution in [1.29, 1.82) is 0 Å². The van der Waals surface area contributed by atoms with Crippen LogP contribution >= 0.6 is 0 Å². The number of hydrogen-bond acceptors (Lipinski definition) is 5. The second kappa shape index (κ2) is 4.49. The fraction of sp³-hybridized carbons (Fsp3) is 0.667. The first-order valence-electron chi connectivity index (χ1n) is 6.08. The molecule has 0 aliphatic carbocycles. The lowest BCUT2D eigenvalue weighted by atomic mass is 9.88. The van der Waals surface area contributed by atoms with Gasteiger partial charge in [-0.15, -0.1) is 0 Å². The number of aromatic nitrogens is 2. The Hall–Kier alpha value is -1.36. The van der Waals surface area contributed by atoms with Crippen LogP contribution in [0.5, 0.6) is 5.88 Å². The van der Waals surface area contributed by atoms with Gasteiger partial charge in [-0.25, -0.2) is 4.98 Å². The second-order valence-corrected chi connectivity index (χ2v) is 4.62. The summed E-state index contributed by atoms with van der Waals surface area (Å²) in [6, 6.07) is 1.88. The van der Waals surface area contributed by atoms with E-state index in [9.17, 15) is 0 Å². The molecule has 0 bridgehead atoms. The zero-order chi connectivity index (χ0) is 12.5. The molecule has 5 heteroatoms. The highest BCUT2D eigenvalue weighted by Gasteiger charge is 2.38. The zero-order valence-corrected chi connectivity index (χ0v) is 10.7. The summed E-state index contributed by atoms with van der Waals surface area (Å²) in [7, 11) is 0. The zero-order valence-electron chi connectivity index (χ0n) is 10.7. The number of rotatable bonds is 4. The van der Waals surface area contributed by atoms with Gasteiger partial charge in [-0.1, -0.05) is 6.92 Å². The van der Waals surface area contributed by atoms with E-state index >= 15 is 0 Å². The van der Waals surface area contributed by atoms with Crippen molar-refractivity contribution in [2.24, 2.45) is 5.73 Å². The second-order valence-electron chi connectivity index (χ2n) is 4.62. The molecule has 2 N–H and O–H groups in total. The van der Waals surface area contributed by atoms with Crippen molar-refractivity contribution in [3.63, 3.8) is 0 Å². The number of hydrogen-bond donors (Lipinski definition) is 1. The van der Waals surface area contributed by atoms with Crippen LogP contribution in [0.15, 0.2) is 6.07 Å². The third kappa shape index (κ3) is 2.49. The van der Waals surface area contributed by atoms with Crippen LogP contribution in [-0.2, 0) is 0 Å². The summed E-state index contributed by atoms with van der Waals surface area (Å²) in [6.07, 6.45) is 0.992. The summed E-state index contributed by atoms with van der Waals surface area (Å²) in [5, 5.41) is 0. The summed E-state index contributed by atoms with van der Waals surface area (Å²) in [5.74, 6) is 2.29. The fourth-order valence-electron chi connectivity index (χ4n) is 2.01. The van der Waals surface area contributed by atoms with Gasteiger partial charge in [0, 0.05) is 19.2 Å². The van der Waals surface area contributed by atoms with Crippen LogP contribution in [-0.4, -0.2) is 35.2 Å². The molecular weight excluding hydrogens is 216 g/mol. The molecule has 0 atom stereocenters. The average Bonchev–Trinajstić information content (AvgIpc) is 2.24. The number of aryl methyl sites for hydroxylation is 1. The van der Waals surface area contributed by atoms with Crippen LogP contribution in [0.4, 0.5) is 5.82 Å². The van der Waals surface area contributed by atoms with Crippen molar-refractivity contribution in [3.8, 4) is 5.88 Å². The molecule has 17 heavy (non-hydrogen) atoms. The maximum absolute atomic E-state index is 6.15. The van der Waals surface area contributed by atoms with Crippen LogP contribution in [0.3, 0.4) is 0 Å². The van der Waals surface area contributed by atoms with Gasteiger partial charge < -0.3 is 15.4 Å².